The molecule has 2 heteroatoms. The molecule has 4 bridgehead atoms. The van der Waals surface area contributed by atoms with Crippen LogP contribution in [0.3, 0.4) is 0 Å². The van der Waals surface area contributed by atoms with Gasteiger partial charge >= 0.3 is 5.97 Å². The first kappa shape index (κ1) is 17.5. The number of esters is 1. The van der Waals surface area contributed by atoms with E-state index in [1.54, 1.807) is 0 Å². The van der Waals surface area contributed by atoms with E-state index in [-0.39, 0.29) is 5.97 Å². The van der Waals surface area contributed by atoms with Gasteiger partial charge in [-0.3, -0.25) is 0 Å². The highest BCUT2D eigenvalue weighted by Gasteiger charge is 2.60. The average molecular weight is 365 g/mol. The van der Waals surface area contributed by atoms with Gasteiger partial charge < -0.3 is 4.74 Å². The number of allylic oxidation sites excluding steroid dienone is 2. The molecule has 3 saturated carbocycles. The van der Waals surface area contributed by atoms with Crippen LogP contribution in [0.5, 0.6) is 0 Å². The molecule has 0 amide bonds. The Labute approximate surface area is 163 Å². The molecule has 7 unspecified atom stereocenters. The van der Waals surface area contributed by atoms with E-state index >= 15 is 0 Å². The predicted molar refractivity (Wildman–Crippen MR) is 107 cm³/mol. The maximum Gasteiger partial charge on any atom is 0.338 e. The summed E-state index contributed by atoms with van der Waals surface area (Å²) in [6.45, 7) is 8.14. The lowest BCUT2D eigenvalue weighted by Crippen LogP contribution is -2.33. The normalized spacial score (nSPS) is 38.6. The van der Waals surface area contributed by atoms with Crippen LogP contribution in [-0.4, -0.2) is 11.6 Å². The van der Waals surface area contributed by atoms with E-state index in [0.29, 0.717) is 17.4 Å². The number of carbonyl (C=O) groups is 1. The molecule has 0 spiro atoms. The monoisotopic (exact) mass is 364 g/mol. The summed E-state index contributed by atoms with van der Waals surface area (Å²) >= 11 is 0. The molecular weight excluding hydrogens is 332 g/mol. The van der Waals surface area contributed by atoms with Gasteiger partial charge in [0.25, 0.3) is 0 Å². The zero-order valence-corrected chi connectivity index (χ0v) is 17.0. The highest BCUT2D eigenvalue weighted by Crippen LogP contribution is 2.68. The van der Waals surface area contributed by atoms with Gasteiger partial charge in [0, 0.05) is 0 Å². The Balaban J connectivity index is 1.31. The summed E-state index contributed by atoms with van der Waals surface area (Å²) in [5, 5.41) is 0. The quantitative estimate of drug-likeness (QED) is 0.381. The zero-order valence-electron chi connectivity index (χ0n) is 17.0. The van der Waals surface area contributed by atoms with Crippen molar-refractivity contribution in [1.82, 2.24) is 0 Å². The molecular formula is C25H32O2. The molecule has 5 rings (SSSR count). The van der Waals surface area contributed by atoms with Crippen molar-refractivity contribution in [2.24, 2.45) is 41.4 Å². The Morgan fingerprint density at radius 1 is 1.00 bits per heavy atom. The third kappa shape index (κ3) is 2.62. The second kappa shape index (κ2) is 5.96. The minimum Gasteiger partial charge on any atom is -0.456 e. The van der Waals surface area contributed by atoms with Crippen LogP contribution in [0.2, 0.25) is 0 Å². The van der Waals surface area contributed by atoms with Gasteiger partial charge in [0.1, 0.15) is 5.60 Å². The van der Waals surface area contributed by atoms with Gasteiger partial charge in [-0.25, -0.2) is 4.79 Å². The SMILES string of the molecule is CC(C)C(C)(C)OC(=O)c1ccc(C2CC3CC2C2C4C=CC(C4)C32)cc1. The van der Waals surface area contributed by atoms with Crippen molar-refractivity contribution in [2.75, 3.05) is 0 Å². The number of ether oxygens (including phenoxy) is 1. The standard InChI is InChI=1S/C25H32O2/c1-14(2)25(3,4)27-24(26)16-7-5-15(6-8-16)20-12-19-13-21(20)23-18-10-9-17(11-18)22(19)23/h5-10,14,17-23H,11-13H2,1-4H3. The fourth-order valence-corrected chi connectivity index (χ4v) is 6.68. The Morgan fingerprint density at radius 2 is 1.67 bits per heavy atom. The Bertz CT molecular complexity index is 772. The van der Waals surface area contributed by atoms with Gasteiger partial charge in [-0.05, 0) is 98.1 Å². The first-order chi connectivity index (χ1) is 12.8. The van der Waals surface area contributed by atoms with Gasteiger partial charge in [0.2, 0.25) is 0 Å². The van der Waals surface area contributed by atoms with Crippen LogP contribution >= 0.6 is 0 Å². The molecule has 0 radical (unpaired) electrons. The van der Waals surface area contributed by atoms with Gasteiger partial charge in [0.15, 0.2) is 0 Å². The third-order valence-electron chi connectivity index (χ3n) is 8.59. The molecule has 0 heterocycles. The average Bonchev–Trinajstić information content (AvgIpc) is 3.40. The van der Waals surface area contributed by atoms with E-state index in [4.69, 9.17) is 4.74 Å². The van der Waals surface area contributed by atoms with E-state index < -0.39 is 5.60 Å². The van der Waals surface area contributed by atoms with Crippen LogP contribution < -0.4 is 0 Å². The maximum absolute atomic E-state index is 12.5. The molecule has 27 heavy (non-hydrogen) atoms. The zero-order chi connectivity index (χ0) is 18.9. The smallest absolute Gasteiger partial charge is 0.338 e. The second-order valence-corrected chi connectivity index (χ2v) is 10.4. The summed E-state index contributed by atoms with van der Waals surface area (Å²) in [6.07, 6.45) is 9.24. The fourth-order valence-electron chi connectivity index (χ4n) is 6.68. The van der Waals surface area contributed by atoms with Crippen LogP contribution in [0.4, 0.5) is 0 Å². The maximum atomic E-state index is 12.5. The summed E-state index contributed by atoms with van der Waals surface area (Å²) in [5.41, 5.74) is 1.67. The Kier molecular flexibility index (Phi) is 3.87. The minimum absolute atomic E-state index is 0.202. The molecule has 0 saturated heterocycles. The molecule has 4 aliphatic carbocycles. The summed E-state index contributed by atoms with van der Waals surface area (Å²) in [5.74, 6) is 6.22. The molecule has 4 aliphatic rings. The number of hydrogen-bond acceptors (Lipinski definition) is 2. The molecule has 144 valence electrons. The van der Waals surface area contributed by atoms with Crippen molar-refractivity contribution in [3.05, 3.63) is 47.5 Å². The van der Waals surface area contributed by atoms with Crippen LogP contribution in [0.15, 0.2) is 36.4 Å². The summed E-state index contributed by atoms with van der Waals surface area (Å²) in [6, 6.07) is 8.36. The third-order valence-corrected chi connectivity index (χ3v) is 8.59. The first-order valence-corrected chi connectivity index (χ1v) is 10.9. The largest absolute Gasteiger partial charge is 0.456 e. The van der Waals surface area contributed by atoms with Crippen LogP contribution in [0, 0.1) is 41.4 Å². The van der Waals surface area contributed by atoms with Crippen LogP contribution in [0.1, 0.15) is 68.8 Å². The van der Waals surface area contributed by atoms with E-state index in [9.17, 15) is 4.79 Å². The van der Waals surface area contributed by atoms with Gasteiger partial charge in [-0.15, -0.1) is 0 Å². The van der Waals surface area contributed by atoms with Crippen molar-refractivity contribution in [3.8, 4) is 0 Å². The number of rotatable bonds is 4. The lowest BCUT2D eigenvalue weighted by atomic mass is 9.68. The molecule has 0 aromatic heterocycles. The van der Waals surface area contributed by atoms with Gasteiger partial charge in [-0.2, -0.15) is 0 Å². The summed E-state index contributed by atoms with van der Waals surface area (Å²) < 4.78 is 5.74. The van der Waals surface area contributed by atoms with Crippen molar-refractivity contribution in [2.45, 2.75) is 58.5 Å². The number of fused-ring (bicyclic) bond motifs is 9. The Morgan fingerprint density at radius 3 is 2.33 bits per heavy atom. The van der Waals surface area contributed by atoms with Crippen LogP contribution in [-0.2, 0) is 4.74 Å². The molecule has 0 aliphatic heterocycles. The topological polar surface area (TPSA) is 26.3 Å². The van der Waals surface area contributed by atoms with Crippen molar-refractivity contribution in [1.29, 1.82) is 0 Å². The van der Waals surface area contributed by atoms with Crippen molar-refractivity contribution in [3.63, 3.8) is 0 Å². The first-order valence-electron chi connectivity index (χ1n) is 10.9. The molecule has 1 aromatic carbocycles. The summed E-state index contributed by atoms with van der Waals surface area (Å²) in [7, 11) is 0. The predicted octanol–water partition coefficient (Wildman–Crippen LogP) is 5.84. The lowest BCUT2D eigenvalue weighted by Gasteiger charge is -2.37. The number of hydrogen-bond donors (Lipinski definition) is 0. The van der Waals surface area contributed by atoms with Gasteiger partial charge in [-0.1, -0.05) is 38.1 Å². The van der Waals surface area contributed by atoms with Crippen LogP contribution in [0.25, 0.3) is 0 Å². The number of carbonyl (C=O) groups excluding carboxylic acids is 1. The van der Waals surface area contributed by atoms with Crippen molar-refractivity contribution >= 4 is 5.97 Å². The second-order valence-electron chi connectivity index (χ2n) is 10.4. The summed E-state index contributed by atoms with van der Waals surface area (Å²) in [4.78, 5) is 12.5. The molecule has 2 nitrogen and oxygen atoms in total. The highest BCUT2D eigenvalue weighted by atomic mass is 16.6. The van der Waals surface area contributed by atoms with E-state index in [0.717, 1.165) is 35.5 Å². The lowest BCUT2D eigenvalue weighted by molar-refractivity contribution is -0.0222. The van der Waals surface area contributed by atoms with E-state index in [1.165, 1.54) is 24.8 Å². The minimum atomic E-state index is -0.440. The highest BCUT2D eigenvalue weighted by molar-refractivity contribution is 5.89. The molecule has 0 N–H and O–H groups in total. The van der Waals surface area contributed by atoms with E-state index in [2.05, 4.69) is 38.1 Å². The number of benzene rings is 1. The Hall–Kier alpha value is -1.57. The van der Waals surface area contributed by atoms with Crippen molar-refractivity contribution < 1.29 is 9.53 Å². The molecule has 7 atom stereocenters. The van der Waals surface area contributed by atoms with E-state index in [1.807, 2.05) is 26.0 Å². The fraction of sp³-hybridized carbons (Fsp3) is 0.640. The molecule has 1 aromatic rings. The molecule has 3 fully saturated rings. The van der Waals surface area contributed by atoms with Gasteiger partial charge in [0.05, 0.1) is 5.56 Å².